The Labute approximate surface area is 144 Å². The molecule has 0 aliphatic heterocycles. The molecule has 3 rings (SSSR count). The molecule has 0 saturated carbocycles. The largest absolute Gasteiger partial charge is 0.370 e. The maximum atomic E-state index is 12.0. The van der Waals surface area contributed by atoms with Crippen molar-refractivity contribution in [1.82, 2.24) is 0 Å². The number of rotatable bonds is 5. The van der Waals surface area contributed by atoms with Gasteiger partial charge in [0, 0.05) is 6.42 Å². The zero-order valence-corrected chi connectivity index (χ0v) is 12.9. The van der Waals surface area contributed by atoms with Gasteiger partial charge in [-0.15, -0.1) is 0 Å². The highest BCUT2D eigenvalue weighted by Gasteiger charge is 2.37. The molecule has 122 valence electrons. The first-order chi connectivity index (χ1) is 11.2. The fourth-order valence-corrected chi connectivity index (χ4v) is 3.24. The monoisotopic (exact) mass is 317 g/mol. The van der Waals surface area contributed by atoms with Gasteiger partial charge in [0.2, 0.25) is 5.91 Å². The topological polar surface area (TPSA) is 43.1 Å². The van der Waals surface area contributed by atoms with Crippen molar-refractivity contribution in [2.24, 2.45) is 5.73 Å². The van der Waals surface area contributed by atoms with Crippen molar-refractivity contribution in [1.29, 1.82) is 0 Å². The Morgan fingerprint density at radius 2 is 0.958 bits per heavy atom. The molecule has 3 aromatic carbocycles. The average Bonchev–Trinajstić information content (AvgIpc) is 2.62. The molecule has 2 nitrogen and oxygen atoms in total. The molecule has 0 bridgehead atoms. The zero-order chi connectivity index (χ0) is 16.1. The van der Waals surface area contributed by atoms with E-state index in [9.17, 15) is 4.79 Å². The second kappa shape index (κ2) is 7.60. The van der Waals surface area contributed by atoms with Crippen molar-refractivity contribution in [3.05, 3.63) is 108 Å². The van der Waals surface area contributed by atoms with Gasteiger partial charge in [-0.2, -0.15) is 0 Å². The summed E-state index contributed by atoms with van der Waals surface area (Å²) >= 11 is 0. The highest BCUT2D eigenvalue weighted by Crippen LogP contribution is 2.41. The summed E-state index contributed by atoms with van der Waals surface area (Å²) in [6.07, 6.45) is 0.227. The Hall–Kier alpha value is -2.87. The third-order valence-corrected chi connectivity index (χ3v) is 4.24. The maximum Gasteiger partial charge on any atom is 0.218 e. The van der Waals surface area contributed by atoms with Gasteiger partial charge in [0.15, 0.2) is 0 Å². The third-order valence-electron chi connectivity index (χ3n) is 4.24. The summed E-state index contributed by atoms with van der Waals surface area (Å²) in [5, 5.41) is 0. The van der Waals surface area contributed by atoms with Crippen LogP contribution in [0.3, 0.4) is 0 Å². The Bertz CT molecular complexity index is 670. The molecule has 0 aliphatic rings. The molecule has 0 atom stereocenters. The zero-order valence-electron chi connectivity index (χ0n) is 12.9. The highest BCUT2D eigenvalue weighted by atomic mass is 16.1. The first kappa shape index (κ1) is 17.5. The van der Waals surface area contributed by atoms with Crippen molar-refractivity contribution in [3.63, 3.8) is 0 Å². The second-order valence-corrected chi connectivity index (χ2v) is 5.65. The third kappa shape index (κ3) is 3.23. The molecule has 24 heavy (non-hydrogen) atoms. The molecule has 2 N–H and O–H groups in total. The van der Waals surface area contributed by atoms with Gasteiger partial charge in [0.05, 0.1) is 5.41 Å². The molecular weight excluding hydrogens is 294 g/mol. The van der Waals surface area contributed by atoms with Crippen LogP contribution in [0, 0.1) is 0 Å². The van der Waals surface area contributed by atoms with E-state index in [0.29, 0.717) is 0 Å². The van der Waals surface area contributed by atoms with E-state index >= 15 is 0 Å². The van der Waals surface area contributed by atoms with Crippen LogP contribution in [0.1, 0.15) is 30.5 Å². The minimum Gasteiger partial charge on any atom is -0.370 e. The summed E-state index contributed by atoms with van der Waals surface area (Å²) < 4.78 is 0. The van der Waals surface area contributed by atoms with Gasteiger partial charge in [0.1, 0.15) is 0 Å². The first-order valence-electron chi connectivity index (χ1n) is 7.68. The van der Waals surface area contributed by atoms with E-state index in [-0.39, 0.29) is 19.8 Å². The van der Waals surface area contributed by atoms with Crippen LogP contribution in [0.25, 0.3) is 0 Å². The molecule has 3 aromatic rings. The summed E-state index contributed by atoms with van der Waals surface area (Å²) in [6, 6.07) is 30.3. The number of hydrogen-bond donors (Lipinski definition) is 1. The van der Waals surface area contributed by atoms with Crippen LogP contribution in [0.2, 0.25) is 0 Å². The summed E-state index contributed by atoms with van der Waals surface area (Å²) in [7, 11) is 0. The van der Waals surface area contributed by atoms with E-state index in [1.54, 1.807) is 0 Å². The average molecular weight is 317 g/mol. The summed E-state index contributed by atoms with van der Waals surface area (Å²) in [5.41, 5.74) is 8.28. The fourth-order valence-electron chi connectivity index (χ4n) is 3.24. The fraction of sp³-hybridized carbons (Fsp3) is 0.136. The van der Waals surface area contributed by atoms with Gasteiger partial charge in [-0.25, -0.2) is 0 Å². The molecule has 0 heterocycles. The van der Waals surface area contributed by atoms with Gasteiger partial charge in [-0.1, -0.05) is 98.4 Å². The van der Waals surface area contributed by atoms with Crippen LogP contribution < -0.4 is 5.73 Å². The number of nitrogens with two attached hydrogens (primary N) is 1. The maximum absolute atomic E-state index is 12.0. The number of carbonyl (C=O) groups is 1. The molecular formula is C22H23NO. The molecule has 0 spiro atoms. The van der Waals surface area contributed by atoms with Crippen LogP contribution >= 0.6 is 0 Å². The predicted molar refractivity (Wildman–Crippen MR) is 99.8 cm³/mol. The molecule has 0 radical (unpaired) electrons. The van der Waals surface area contributed by atoms with Crippen LogP contribution in [-0.2, 0) is 10.2 Å². The van der Waals surface area contributed by atoms with Gasteiger partial charge >= 0.3 is 0 Å². The number of amides is 1. The Morgan fingerprint density at radius 1 is 0.667 bits per heavy atom. The van der Waals surface area contributed by atoms with Gasteiger partial charge in [-0.3, -0.25) is 4.79 Å². The lowest BCUT2D eigenvalue weighted by Gasteiger charge is -2.35. The van der Waals surface area contributed by atoms with Gasteiger partial charge in [-0.05, 0) is 16.7 Å². The summed E-state index contributed by atoms with van der Waals surface area (Å²) in [5.74, 6) is -0.318. The van der Waals surface area contributed by atoms with Crippen LogP contribution in [0.15, 0.2) is 91.0 Å². The molecule has 0 aliphatic carbocycles. The van der Waals surface area contributed by atoms with Crippen molar-refractivity contribution < 1.29 is 4.79 Å². The minimum atomic E-state index is -0.574. The Kier molecular flexibility index (Phi) is 5.54. The van der Waals surface area contributed by atoms with Crippen molar-refractivity contribution in [2.75, 3.05) is 0 Å². The predicted octanol–water partition coefficient (Wildman–Crippen LogP) is 4.53. The van der Waals surface area contributed by atoms with Crippen molar-refractivity contribution >= 4 is 5.91 Å². The quantitative estimate of drug-likeness (QED) is 0.690. The summed E-state index contributed by atoms with van der Waals surface area (Å²) in [4.78, 5) is 12.0. The van der Waals surface area contributed by atoms with E-state index in [1.807, 2.05) is 54.6 Å². The molecule has 2 heteroatoms. The van der Waals surface area contributed by atoms with E-state index in [1.165, 1.54) is 0 Å². The lowest BCUT2D eigenvalue weighted by atomic mass is 9.67. The molecule has 0 fully saturated rings. The van der Waals surface area contributed by atoms with E-state index < -0.39 is 5.41 Å². The van der Waals surface area contributed by atoms with Crippen molar-refractivity contribution in [3.8, 4) is 0 Å². The number of primary amides is 1. The SMILES string of the molecule is C.NC(=O)CC(c1ccccc1)(c1ccccc1)c1ccccc1. The van der Waals surface area contributed by atoms with E-state index in [2.05, 4.69) is 36.4 Å². The van der Waals surface area contributed by atoms with Crippen LogP contribution in [-0.4, -0.2) is 5.91 Å². The summed E-state index contributed by atoms with van der Waals surface area (Å²) in [6.45, 7) is 0. The van der Waals surface area contributed by atoms with Crippen LogP contribution in [0.5, 0.6) is 0 Å². The lowest BCUT2D eigenvalue weighted by molar-refractivity contribution is -0.118. The minimum absolute atomic E-state index is 0. The Balaban J connectivity index is 0.00000208. The number of carbonyl (C=O) groups excluding carboxylic acids is 1. The normalized spacial score (nSPS) is 10.7. The lowest BCUT2D eigenvalue weighted by Crippen LogP contribution is -2.34. The number of benzene rings is 3. The molecule has 1 amide bonds. The van der Waals surface area contributed by atoms with E-state index in [4.69, 9.17) is 5.73 Å². The number of hydrogen-bond acceptors (Lipinski definition) is 1. The molecule has 0 saturated heterocycles. The van der Waals surface area contributed by atoms with Gasteiger partial charge in [0.25, 0.3) is 0 Å². The van der Waals surface area contributed by atoms with E-state index in [0.717, 1.165) is 16.7 Å². The standard InChI is InChI=1S/C21H19NO.CH4/c22-20(23)16-21(17-10-4-1-5-11-17,18-12-6-2-7-13-18)19-14-8-3-9-15-19;/h1-15H,16H2,(H2,22,23);1H4. The van der Waals surface area contributed by atoms with Crippen molar-refractivity contribution in [2.45, 2.75) is 19.3 Å². The second-order valence-electron chi connectivity index (χ2n) is 5.65. The molecule has 0 aromatic heterocycles. The van der Waals surface area contributed by atoms with Gasteiger partial charge < -0.3 is 5.73 Å². The molecule has 0 unspecified atom stereocenters. The smallest absolute Gasteiger partial charge is 0.218 e. The van der Waals surface area contributed by atoms with Crippen LogP contribution in [0.4, 0.5) is 0 Å². The Morgan fingerprint density at radius 3 is 1.21 bits per heavy atom. The first-order valence-corrected chi connectivity index (χ1v) is 7.68. The highest BCUT2D eigenvalue weighted by molar-refractivity contribution is 5.78.